The van der Waals surface area contributed by atoms with Gasteiger partial charge in [0.25, 0.3) is 0 Å². The van der Waals surface area contributed by atoms with Crippen LogP contribution in [-0.2, 0) is 4.74 Å². The molecule has 96 valence electrons. The molecular weight excluding hydrogens is 222 g/mol. The summed E-state index contributed by atoms with van der Waals surface area (Å²) >= 11 is 0. The fourth-order valence-electron chi connectivity index (χ4n) is 1.91. The molecule has 6 nitrogen and oxygen atoms in total. The zero-order chi connectivity index (χ0) is 12.6. The number of aliphatic hydroxyl groups is 1. The van der Waals surface area contributed by atoms with Gasteiger partial charge in [0.15, 0.2) is 0 Å². The lowest BCUT2D eigenvalue weighted by Crippen LogP contribution is -2.42. The van der Waals surface area contributed by atoms with Gasteiger partial charge in [0, 0.05) is 24.2 Å². The molecule has 2 rings (SSSR count). The first-order chi connectivity index (χ1) is 7.87. The number of amides is 1. The van der Waals surface area contributed by atoms with Crippen LogP contribution in [-0.4, -0.2) is 41.0 Å². The highest BCUT2D eigenvalue weighted by Gasteiger charge is 2.32. The normalized spacial score (nSPS) is 24.5. The fourth-order valence-corrected chi connectivity index (χ4v) is 1.91. The summed E-state index contributed by atoms with van der Waals surface area (Å²) in [5.41, 5.74) is 6.95. The van der Waals surface area contributed by atoms with Crippen molar-refractivity contribution in [3.63, 3.8) is 0 Å². The Labute approximate surface area is 101 Å². The van der Waals surface area contributed by atoms with Crippen molar-refractivity contribution in [2.75, 3.05) is 13.1 Å². The Bertz CT molecular complexity index is 359. The molecule has 0 aromatic rings. The van der Waals surface area contributed by atoms with Crippen molar-refractivity contribution >= 4 is 6.09 Å². The van der Waals surface area contributed by atoms with Crippen LogP contribution in [0.3, 0.4) is 0 Å². The molecule has 2 aliphatic heterocycles. The Kier molecular flexibility index (Phi) is 3.01. The molecule has 0 spiro atoms. The predicted molar refractivity (Wildman–Crippen MR) is 61.7 cm³/mol. The second-order valence-electron chi connectivity index (χ2n) is 5.33. The second kappa shape index (κ2) is 4.19. The average molecular weight is 241 g/mol. The Balaban J connectivity index is 2.00. The number of hydrogen-bond acceptors (Lipinski definition) is 5. The number of nitrogens with one attached hydrogen (secondary N) is 2. The summed E-state index contributed by atoms with van der Waals surface area (Å²) in [6, 6.07) is 0. The van der Waals surface area contributed by atoms with Crippen LogP contribution in [0.1, 0.15) is 27.2 Å². The first kappa shape index (κ1) is 12.2. The van der Waals surface area contributed by atoms with Crippen molar-refractivity contribution in [2.24, 2.45) is 0 Å². The van der Waals surface area contributed by atoms with Crippen molar-refractivity contribution < 1.29 is 14.6 Å². The average Bonchev–Trinajstić information content (AvgIpc) is 2.57. The Morgan fingerprint density at radius 1 is 1.53 bits per heavy atom. The summed E-state index contributed by atoms with van der Waals surface area (Å²) in [6.07, 6.45) is -0.336. The topological polar surface area (TPSA) is 73.8 Å². The van der Waals surface area contributed by atoms with Crippen LogP contribution in [0.4, 0.5) is 4.79 Å². The molecule has 6 heteroatoms. The first-order valence-corrected chi connectivity index (χ1v) is 5.76. The number of aliphatic hydroxyl groups excluding tert-OH is 1. The lowest BCUT2D eigenvalue weighted by molar-refractivity contribution is 0.0250. The van der Waals surface area contributed by atoms with Gasteiger partial charge in [0.1, 0.15) is 11.8 Å². The molecule has 0 saturated heterocycles. The number of nitrogens with zero attached hydrogens (tertiary/aromatic N) is 1. The van der Waals surface area contributed by atoms with Crippen LogP contribution in [0.5, 0.6) is 0 Å². The number of carbonyl (C=O) groups excluding carboxylic acids is 1. The van der Waals surface area contributed by atoms with Gasteiger partial charge in [0.05, 0.1) is 6.54 Å². The Morgan fingerprint density at radius 2 is 2.24 bits per heavy atom. The highest BCUT2D eigenvalue weighted by atomic mass is 16.6. The minimum Gasteiger partial charge on any atom is -0.444 e. The standard InChI is InChI=1S/C11H19N3O3/c1-11(2,3)17-10(16)14-5-4-8-7(6-14)9(15)13-12-8/h9,12-13,15H,4-6H2,1-3H3. The van der Waals surface area contributed by atoms with E-state index in [0.717, 1.165) is 11.3 Å². The van der Waals surface area contributed by atoms with E-state index in [1.165, 1.54) is 0 Å². The lowest BCUT2D eigenvalue weighted by Gasteiger charge is -2.30. The largest absolute Gasteiger partial charge is 0.444 e. The molecule has 2 heterocycles. The van der Waals surface area contributed by atoms with Crippen molar-refractivity contribution in [3.8, 4) is 0 Å². The lowest BCUT2D eigenvalue weighted by atomic mass is 10.1. The summed E-state index contributed by atoms with van der Waals surface area (Å²) < 4.78 is 5.30. The monoisotopic (exact) mass is 241 g/mol. The van der Waals surface area contributed by atoms with E-state index in [-0.39, 0.29) is 6.09 Å². The molecule has 0 saturated carbocycles. The molecule has 3 N–H and O–H groups in total. The second-order valence-corrected chi connectivity index (χ2v) is 5.33. The van der Waals surface area contributed by atoms with Crippen molar-refractivity contribution in [3.05, 3.63) is 11.3 Å². The van der Waals surface area contributed by atoms with Gasteiger partial charge in [-0.25, -0.2) is 10.2 Å². The molecule has 17 heavy (non-hydrogen) atoms. The molecule has 0 aromatic carbocycles. The van der Waals surface area contributed by atoms with Crippen molar-refractivity contribution in [1.82, 2.24) is 15.8 Å². The number of hydrazine groups is 1. The number of rotatable bonds is 0. The van der Waals surface area contributed by atoms with Crippen LogP contribution >= 0.6 is 0 Å². The van der Waals surface area contributed by atoms with Gasteiger partial charge >= 0.3 is 6.09 Å². The highest BCUT2D eigenvalue weighted by Crippen LogP contribution is 2.22. The zero-order valence-corrected chi connectivity index (χ0v) is 10.4. The zero-order valence-electron chi connectivity index (χ0n) is 10.4. The van der Waals surface area contributed by atoms with E-state index >= 15 is 0 Å². The summed E-state index contributed by atoms with van der Waals surface area (Å²) in [5, 5.41) is 9.65. The number of hydrogen-bond donors (Lipinski definition) is 3. The van der Waals surface area contributed by atoms with Gasteiger partial charge < -0.3 is 20.2 Å². The van der Waals surface area contributed by atoms with E-state index < -0.39 is 11.8 Å². The first-order valence-electron chi connectivity index (χ1n) is 5.76. The van der Waals surface area contributed by atoms with E-state index in [4.69, 9.17) is 4.74 Å². The van der Waals surface area contributed by atoms with Crippen LogP contribution in [0.25, 0.3) is 0 Å². The molecule has 1 amide bonds. The van der Waals surface area contributed by atoms with Crippen molar-refractivity contribution in [2.45, 2.75) is 39.0 Å². The maximum atomic E-state index is 11.9. The number of ether oxygens (including phenoxy) is 1. The van der Waals surface area contributed by atoms with Gasteiger partial charge in [-0.1, -0.05) is 0 Å². The predicted octanol–water partition coefficient (Wildman–Crippen LogP) is 0.308. The maximum absolute atomic E-state index is 11.9. The van der Waals surface area contributed by atoms with E-state index in [0.29, 0.717) is 19.5 Å². The molecule has 1 unspecified atom stereocenters. The van der Waals surface area contributed by atoms with Crippen LogP contribution < -0.4 is 10.9 Å². The van der Waals surface area contributed by atoms with Gasteiger partial charge in [-0.05, 0) is 20.8 Å². The van der Waals surface area contributed by atoms with E-state index in [1.807, 2.05) is 20.8 Å². The Hall–Kier alpha value is -1.27. The maximum Gasteiger partial charge on any atom is 0.410 e. The number of carbonyl (C=O) groups is 1. The minimum atomic E-state index is -0.713. The summed E-state index contributed by atoms with van der Waals surface area (Å²) in [6.45, 7) is 6.54. The van der Waals surface area contributed by atoms with Gasteiger partial charge in [-0.15, -0.1) is 0 Å². The summed E-state index contributed by atoms with van der Waals surface area (Å²) in [7, 11) is 0. The van der Waals surface area contributed by atoms with Crippen molar-refractivity contribution in [1.29, 1.82) is 0 Å². The van der Waals surface area contributed by atoms with Gasteiger partial charge in [-0.2, -0.15) is 0 Å². The quantitative estimate of drug-likeness (QED) is 0.569. The third-order valence-corrected chi connectivity index (χ3v) is 2.72. The third kappa shape index (κ3) is 2.70. The summed E-state index contributed by atoms with van der Waals surface area (Å²) in [5.74, 6) is 0. The SMILES string of the molecule is CC(C)(C)OC(=O)N1CCC2=C(C1)C(O)NN2. The third-order valence-electron chi connectivity index (χ3n) is 2.72. The van der Waals surface area contributed by atoms with Crippen LogP contribution in [0, 0.1) is 0 Å². The minimum absolute atomic E-state index is 0.330. The van der Waals surface area contributed by atoms with Crippen LogP contribution in [0.2, 0.25) is 0 Å². The molecule has 0 fully saturated rings. The smallest absolute Gasteiger partial charge is 0.410 e. The molecule has 2 aliphatic rings. The van der Waals surface area contributed by atoms with E-state index in [9.17, 15) is 9.90 Å². The van der Waals surface area contributed by atoms with E-state index in [1.54, 1.807) is 4.90 Å². The molecule has 0 radical (unpaired) electrons. The van der Waals surface area contributed by atoms with Gasteiger partial charge in [0.2, 0.25) is 0 Å². The molecule has 0 bridgehead atoms. The molecule has 0 aromatic heterocycles. The van der Waals surface area contributed by atoms with Gasteiger partial charge in [-0.3, -0.25) is 0 Å². The molecule has 1 atom stereocenters. The highest BCUT2D eigenvalue weighted by molar-refractivity contribution is 5.69. The molecular formula is C11H19N3O3. The fraction of sp³-hybridized carbons (Fsp3) is 0.727. The van der Waals surface area contributed by atoms with E-state index in [2.05, 4.69) is 10.9 Å². The molecule has 0 aliphatic carbocycles. The van der Waals surface area contributed by atoms with Crippen LogP contribution in [0.15, 0.2) is 11.3 Å². The Morgan fingerprint density at radius 3 is 2.88 bits per heavy atom. The summed E-state index contributed by atoms with van der Waals surface area (Å²) in [4.78, 5) is 13.5.